The number of thiazole rings is 1. The number of hydrogen-bond acceptors (Lipinski definition) is 3. The minimum Gasteiger partial charge on any atom is -0.361 e. The van der Waals surface area contributed by atoms with Gasteiger partial charge in [-0.15, -0.1) is 11.3 Å². The largest absolute Gasteiger partial charge is 0.361 e. The second-order valence-corrected chi connectivity index (χ2v) is 7.33. The summed E-state index contributed by atoms with van der Waals surface area (Å²) in [4.78, 5) is 6.25. The number of nitrogens with one attached hydrogen (secondary N) is 1. The molecular weight excluding hydrogens is 276 g/mol. The van der Waals surface area contributed by atoms with Crippen molar-refractivity contribution in [2.45, 2.75) is 46.5 Å². The molecule has 0 atom stereocenters. The van der Waals surface area contributed by atoms with E-state index in [9.17, 15) is 0 Å². The minimum atomic E-state index is 0.500. The standard InChI is InChI=1S/C18H26N2S/c1-13(2)12-16-17(14(3)4)20-18(21-16)19-11-10-15-8-6-5-7-9-15/h5-9,13-14H,10-12H2,1-4H3,(H,19,20). The van der Waals surface area contributed by atoms with Gasteiger partial charge < -0.3 is 5.32 Å². The number of hydrogen-bond donors (Lipinski definition) is 1. The predicted molar refractivity (Wildman–Crippen MR) is 93.4 cm³/mol. The fourth-order valence-electron chi connectivity index (χ4n) is 2.37. The third-order valence-corrected chi connectivity index (χ3v) is 4.45. The Hall–Kier alpha value is -1.35. The van der Waals surface area contributed by atoms with Gasteiger partial charge >= 0.3 is 0 Å². The summed E-state index contributed by atoms with van der Waals surface area (Å²) in [6.45, 7) is 9.94. The van der Waals surface area contributed by atoms with Gasteiger partial charge in [-0.3, -0.25) is 0 Å². The molecule has 2 aromatic rings. The first-order chi connectivity index (χ1) is 10.1. The Balaban J connectivity index is 1.97. The van der Waals surface area contributed by atoms with Gasteiger partial charge in [-0.05, 0) is 30.2 Å². The Morgan fingerprint density at radius 1 is 1.10 bits per heavy atom. The smallest absolute Gasteiger partial charge is 0.183 e. The molecule has 0 saturated heterocycles. The van der Waals surface area contributed by atoms with Crippen LogP contribution in [0.15, 0.2) is 30.3 Å². The highest BCUT2D eigenvalue weighted by Gasteiger charge is 2.15. The van der Waals surface area contributed by atoms with Crippen molar-refractivity contribution < 1.29 is 0 Å². The van der Waals surface area contributed by atoms with E-state index in [2.05, 4.69) is 63.3 Å². The van der Waals surface area contributed by atoms with Crippen molar-refractivity contribution >= 4 is 16.5 Å². The van der Waals surface area contributed by atoms with Gasteiger partial charge in [0.15, 0.2) is 5.13 Å². The number of rotatable bonds is 7. The van der Waals surface area contributed by atoms with Crippen LogP contribution in [0.2, 0.25) is 0 Å². The first kappa shape index (κ1) is 16.0. The summed E-state index contributed by atoms with van der Waals surface area (Å²) in [6, 6.07) is 10.6. The molecule has 3 heteroatoms. The Kier molecular flexibility index (Phi) is 5.80. The Morgan fingerprint density at radius 2 is 1.81 bits per heavy atom. The maximum absolute atomic E-state index is 4.80. The molecule has 1 heterocycles. The zero-order valence-electron chi connectivity index (χ0n) is 13.5. The highest BCUT2D eigenvalue weighted by Crippen LogP contribution is 2.30. The van der Waals surface area contributed by atoms with E-state index in [1.165, 1.54) is 16.1 Å². The van der Waals surface area contributed by atoms with Crippen molar-refractivity contribution in [3.05, 3.63) is 46.5 Å². The summed E-state index contributed by atoms with van der Waals surface area (Å²) < 4.78 is 0. The van der Waals surface area contributed by atoms with Crippen LogP contribution in [0.1, 0.15) is 49.7 Å². The molecule has 21 heavy (non-hydrogen) atoms. The lowest BCUT2D eigenvalue weighted by atomic mass is 10.0. The van der Waals surface area contributed by atoms with Gasteiger partial charge in [-0.2, -0.15) is 0 Å². The molecule has 2 nitrogen and oxygen atoms in total. The molecule has 1 N–H and O–H groups in total. The number of anilines is 1. The first-order valence-electron chi connectivity index (χ1n) is 7.83. The summed E-state index contributed by atoms with van der Waals surface area (Å²) in [6.07, 6.45) is 2.17. The van der Waals surface area contributed by atoms with E-state index in [0.29, 0.717) is 11.8 Å². The summed E-state index contributed by atoms with van der Waals surface area (Å²) in [5.74, 6) is 1.18. The van der Waals surface area contributed by atoms with Crippen LogP contribution in [-0.2, 0) is 12.8 Å². The van der Waals surface area contributed by atoms with E-state index in [-0.39, 0.29) is 0 Å². The van der Waals surface area contributed by atoms with Crippen molar-refractivity contribution in [1.29, 1.82) is 0 Å². The predicted octanol–water partition coefficient (Wildman–Crippen LogP) is 5.12. The molecule has 114 valence electrons. The van der Waals surface area contributed by atoms with Gasteiger partial charge in [0.2, 0.25) is 0 Å². The fraction of sp³-hybridized carbons (Fsp3) is 0.500. The van der Waals surface area contributed by atoms with Crippen molar-refractivity contribution in [3.63, 3.8) is 0 Å². The molecule has 0 aliphatic heterocycles. The van der Waals surface area contributed by atoms with Crippen LogP contribution < -0.4 is 5.32 Å². The average Bonchev–Trinajstić information content (AvgIpc) is 2.82. The molecule has 0 radical (unpaired) electrons. The Bertz CT molecular complexity index is 544. The molecule has 0 unspecified atom stereocenters. The van der Waals surface area contributed by atoms with Crippen LogP contribution in [0.25, 0.3) is 0 Å². The fourth-order valence-corrected chi connectivity index (χ4v) is 3.72. The van der Waals surface area contributed by atoms with E-state index < -0.39 is 0 Å². The molecule has 0 fully saturated rings. The molecule has 1 aromatic carbocycles. The maximum atomic E-state index is 4.80. The zero-order valence-corrected chi connectivity index (χ0v) is 14.3. The van der Waals surface area contributed by atoms with E-state index in [0.717, 1.165) is 24.5 Å². The van der Waals surface area contributed by atoms with E-state index in [1.54, 1.807) is 0 Å². The normalized spacial score (nSPS) is 11.3. The Morgan fingerprint density at radius 3 is 2.43 bits per heavy atom. The molecule has 0 aliphatic carbocycles. The van der Waals surface area contributed by atoms with Crippen LogP contribution >= 0.6 is 11.3 Å². The summed E-state index contributed by atoms with van der Waals surface area (Å²) in [5.41, 5.74) is 2.64. The van der Waals surface area contributed by atoms with Crippen LogP contribution in [0.5, 0.6) is 0 Å². The lowest BCUT2D eigenvalue weighted by Crippen LogP contribution is -2.04. The van der Waals surface area contributed by atoms with Gasteiger partial charge in [0, 0.05) is 11.4 Å². The lowest BCUT2D eigenvalue weighted by molar-refractivity contribution is 0.643. The first-order valence-corrected chi connectivity index (χ1v) is 8.65. The quantitative estimate of drug-likeness (QED) is 0.768. The molecular formula is C18H26N2S. The van der Waals surface area contributed by atoms with Crippen LogP contribution in [0.3, 0.4) is 0 Å². The summed E-state index contributed by atoms with van der Waals surface area (Å²) in [5, 5.41) is 4.56. The second-order valence-electron chi connectivity index (χ2n) is 6.24. The summed E-state index contributed by atoms with van der Waals surface area (Å²) >= 11 is 1.83. The average molecular weight is 302 g/mol. The highest BCUT2D eigenvalue weighted by molar-refractivity contribution is 7.15. The number of aromatic nitrogens is 1. The van der Waals surface area contributed by atoms with Crippen LogP contribution in [0, 0.1) is 5.92 Å². The van der Waals surface area contributed by atoms with Crippen molar-refractivity contribution in [2.24, 2.45) is 5.92 Å². The van der Waals surface area contributed by atoms with Crippen molar-refractivity contribution in [3.8, 4) is 0 Å². The molecule has 1 aromatic heterocycles. The van der Waals surface area contributed by atoms with E-state index >= 15 is 0 Å². The highest BCUT2D eigenvalue weighted by atomic mass is 32.1. The van der Waals surface area contributed by atoms with E-state index in [4.69, 9.17) is 4.98 Å². The zero-order chi connectivity index (χ0) is 15.2. The van der Waals surface area contributed by atoms with Crippen molar-refractivity contribution in [1.82, 2.24) is 4.98 Å². The van der Waals surface area contributed by atoms with Gasteiger partial charge in [0.1, 0.15) is 0 Å². The number of benzene rings is 1. The third-order valence-electron chi connectivity index (χ3n) is 3.40. The van der Waals surface area contributed by atoms with Gasteiger partial charge in [-0.1, -0.05) is 58.0 Å². The minimum absolute atomic E-state index is 0.500. The molecule has 0 amide bonds. The molecule has 0 spiro atoms. The summed E-state index contributed by atoms with van der Waals surface area (Å²) in [7, 11) is 0. The topological polar surface area (TPSA) is 24.9 Å². The molecule has 2 rings (SSSR count). The number of nitrogens with zero attached hydrogens (tertiary/aromatic N) is 1. The van der Waals surface area contributed by atoms with Crippen molar-refractivity contribution in [2.75, 3.05) is 11.9 Å². The molecule has 0 saturated carbocycles. The van der Waals surface area contributed by atoms with Crippen LogP contribution in [0.4, 0.5) is 5.13 Å². The second kappa shape index (κ2) is 7.60. The lowest BCUT2D eigenvalue weighted by Gasteiger charge is -2.06. The SMILES string of the molecule is CC(C)Cc1sc(NCCc2ccccc2)nc1C(C)C. The van der Waals surface area contributed by atoms with Gasteiger partial charge in [0.05, 0.1) is 5.69 Å². The Labute approximate surface area is 132 Å². The molecule has 0 aliphatic rings. The monoisotopic (exact) mass is 302 g/mol. The third kappa shape index (κ3) is 4.85. The van der Waals surface area contributed by atoms with Crippen LogP contribution in [-0.4, -0.2) is 11.5 Å². The van der Waals surface area contributed by atoms with Gasteiger partial charge in [0.25, 0.3) is 0 Å². The molecule has 0 bridgehead atoms. The maximum Gasteiger partial charge on any atom is 0.183 e. The van der Waals surface area contributed by atoms with E-state index in [1.807, 2.05) is 11.3 Å². The van der Waals surface area contributed by atoms with Gasteiger partial charge in [-0.25, -0.2) is 4.98 Å².